The normalized spacial score (nSPS) is 24.4. The van der Waals surface area contributed by atoms with Crippen LogP contribution in [-0.4, -0.2) is 102 Å². The summed E-state index contributed by atoms with van der Waals surface area (Å²) in [4.78, 5) is 47.6. The fourth-order valence-corrected chi connectivity index (χ4v) is 5.84. The first-order valence-electron chi connectivity index (χ1n) is 12.8. The van der Waals surface area contributed by atoms with Crippen LogP contribution >= 0.6 is 11.3 Å². The predicted molar refractivity (Wildman–Crippen MR) is 147 cm³/mol. The number of amides is 2. The van der Waals surface area contributed by atoms with Gasteiger partial charge < -0.3 is 37.4 Å². The summed E-state index contributed by atoms with van der Waals surface area (Å²) in [6, 6.07) is -2.61. The van der Waals surface area contributed by atoms with Crippen LogP contribution in [0, 0.1) is 5.41 Å². The Balaban J connectivity index is 1.27. The maximum atomic E-state index is 13.2. The van der Waals surface area contributed by atoms with E-state index in [2.05, 4.69) is 36.3 Å². The zero-order valence-electron chi connectivity index (χ0n) is 22.2. The van der Waals surface area contributed by atoms with Crippen molar-refractivity contribution in [1.29, 1.82) is 5.41 Å². The molecule has 0 spiro atoms. The molecule has 2 amide bonds. The maximum absolute atomic E-state index is 13.2. The summed E-state index contributed by atoms with van der Waals surface area (Å²) >= 11 is 0.965. The van der Waals surface area contributed by atoms with Gasteiger partial charge in [0.25, 0.3) is 11.8 Å². The number of anilines is 1. The Hall–Kier alpha value is -4.41. The Morgan fingerprint density at radius 1 is 1.30 bits per heavy atom. The van der Waals surface area contributed by atoms with Gasteiger partial charge >= 0.3 is 16.3 Å². The number of carboxylic acid groups (broad SMARTS) is 1. The summed E-state index contributed by atoms with van der Waals surface area (Å²) in [5, 5.41) is 38.9. The molecule has 0 unspecified atom stereocenters. The number of nitrogen functional groups attached to an aromatic ring is 1. The van der Waals surface area contributed by atoms with Gasteiger partial charge in [-0.15, -0.1) is 11.3 Å². The molecule has 10 N–H and O–H groups in total. The number of oxime groups is 1. The van der Waals surface area contributed by atoms with E-state index in [1.54, 1.807) is 0 Å². The molecule has 3 heterocycles. The number of carbonyl (C=O) groups is 3. The summed E-state index contributed by atoms with van der Waals surface area (Å²) in [6.07, 6.45) is 3.19. The second-order valence-electron chi connectivity index (χ2n) is 10.2. The van der Waals surface area contributed by atoms with Crippen LogP contribution in [0.15, 0.2) is 16.7 Å². The molecule has 1 saturated heterocycles. The highest BCUT2D eigenvalue weighted by Crippen LogP contribution is 2.40. The number of aromatic nitrogens is 4. The average molecular weight is 641 g/mol. The van der Waals surface area contributed by atoms with Crippen molar-refractivity contribution in [2.75, 3.05) is 5.73 Å². The summed E-state index contributed by atoms with van der Waals surface area (Å²) in [7, 11) is -5.02. The molecule has 3 fully saturated rings. The van der Waals surface area contributed by atoms with Gasteiger partial charge in [0.1, 0.15) is 23.5 Å². The number of rotatable bonds is 12. The highest BCUT2D eigenvalue weighted by atomic mass is 32.2. The fourth-order valence-electron chi connectivity index (χ4n) is 4.43. The monoisotopic (exact) mass is 640 g/mol. The lowest BCUT2D eigenvalue weighted by Gasteiger charge is -2.43. The second-order valence-corrected chi connectivity index (χ2v) is 12.4. The third-order valence-electron chi connectivity index (χ3n) is 6.99. The fraction of sp³-hybridized carbons (Fsp3) is 0.524. The van der Waals surface area contributed by atoms with Crippen molar-refractivity contribution in [2.24, 2.45) is 10.9 Å². The molecule has 43 heavy (non-hydrogen) atoms. The van der Waals surface area contributed by atoms with E-state index in [0.29, 0.717) is 5.69 Å². The van der Waals surface area contributed by atoms with Crippen molar-refractivity contribution in [3.8, 4) is 0 Å². The number of thiazole rings is 1. The number of nitrogens with two attached hydrogens (primary N) is 2. The molecule has 5 rings (SSSR count). The minimum atomic E-state index is -5.02. The van der Waals surface area contributed by atoms with Crippen LogP contribution < -0.4 is 27.4 Å². The first-order chi connectivity index (χ1) is 20.3. The first kappa shape index (κ1) is 30.1. The van der Waals surface area contributed by atoms with E-state index in [4.69, 9.17) is 21.7 Å². The van der Waals surface area contributed by atoms with E-state index in [1.165, 1.54) is 11.6 Å². The van der Waals surface area contributed by atoms with E-state index in [0.717, 1.165) is 29.0 Å². The number of nitrogens with zero attached hydrogens (tertiary/aromatic N) is 6. The summed E-state index contributed by atoms with van der Waals surface area (Å²) < 4.78 is 33.7. The van der Waals surface area contributed by atoms with Crippen LogP contribution in [0.4, 0.5) is 5.13 Å². The Kier molecular flexibility index (Phi) is 7.93. The van der Waals surface area contributed by atoms with Crippen LogP contribution in [0.25, 0.3) is 0 Å². The van der Waals surface area contributed by atoms with Crippen LogP contribution in [-0.2, 0) is 42.6 Å². The number of guanidine groups is 1. The molecule has 2 aliphatic carbocycles. The molecule has 0 aromatic carbocycles. The highest BCUT2D eigenvalue weighted by molar-refractivity contribution is 7.84. The van der Waals surface area contributed by atoms with Gasteiger partial charge in [-0.1, -0.05) is 5.16 Å². The first-order valence-corrected chi connectivity index (χ1v) is 15.1. The van der Waals surface area contributed by atoms with Gasteiger partial charge in [-0.25, -0.2) is 14.1 Å². The molecule has 0 radical (unpaired) electrons. The minimum absolute atomic E-state index is 0.0654. The lowest BCUT2D eigenvalue weighted by Crippen LogP contribution is -2.73. The maximum Gasteiger partial charge on any atom is 0.362 e. The number of β-lactam (4-membered cyclic amide) rings is 1. The number of aliphatic carboxylic acids is 1. The molecule has 2 aromatic heterocycles. The molecule has 232 valence electrons. The Labute approximate surface area is 247 Å². The number of carbonyl (C=O) groups excluding carboxylic acids is 2. The van der Waals surface area contributed by atoms with E-state index in [9.17, 15) is 32.5 Å². The number of nitrogens with one attached hydrogen (secondary N) is 4. The molecule has 2 atom stereocenters. The van der Waals surface area contributed by atoms with Crippen LogP contribution in [0.1, 0.15) is 37.1 Å². The molecule has 1 aliphatic heterocycles. The topological polar surface area (TPSA) is 306 Å². The zero-order valence-corrected chi connectivity index (χ0v) is 23.8. The SMILES string of the molecule is N=C(NCc1cnn(C[C@@H]2[C@H](NC(=O)/C(=N\OC3(C(=O)O)CC3)c3csc(N)n3)C(=O)N2S(=O)(=O)O)n1)N[C@H]1C[C@@H](N)C1. The third kappa shape index (κ3) is 6.50. The molecular weight excluding hydrogens is 612 g/mol. The molecule has 22 heteroatoms. The van der Waals surface area contributed by atoms with Crippen molar-refractivity contribution in [3.63, 3.8) is 0 Å². The standard InChI is InChI=1S/C21H28N12O8S2/c22-9-3-10(4-9)27-19(23)25-5-11-6-26-32(30-11)7-13-15(17(35)33(13)43(38,39)40)29-16(34)14(12-8-42-20(24)28-12)31-41-21(1-2-21)18(36)37/h6,8-10,13,15H,1-5,7,22H2,(H2,24,28)(H,29,34)(H,36,37)(H3,23,25,27)(H,38,39,40)/b31-14-/t9-,10+,13-,15+/m1/s1. The quantitative estimate of drug-likeness (QED) is 0.0376. The summed E-state index contributed by atoms with van der Waals surface area (Å²) in [6.45, 7) is -0.258. The van der Waals surface area contributed by atoms with Crippen molar-refractivity contribution < 1.29 is 37.3 Å². The van der Waals surface area contributed by atoms with Crippen LogP contribution in [0.5, 0.6) is 0 Å². The molecule has 2 aromatic rings. The van der Waals surface area contributed by atoms with Gasteiger partial charge in [0, 0.05) is 30.3 Å². The van der Waals surface area contributed by atoms with Crippen LogP contribution in [0.3, 0.4) is 0 Å². The molecule has 0 bridgehead atoms. The molecule has 2 saturated carbocycles. The minimum Gasteiger partial charge on any atom is -0.478 e. The second kappa shape index (κ2) is 11.3. The Morgan fingerprint density at radius 2 is 2.02 bits per heavy atom. The van der Waals surface area contributed by atoms with E-state index in [1.807, 2.05) is 0 Å². The number of carboxylic acids is 1. The smallest absolute Gasteiger partial charge is 0.362 e. The van der Waals surface area contributed by atoms with E-state index in [-0.39, 0.29) is 59.1 Å². The highest BCUT2D eigenvalue weighted by Gasteiger charge is 2.56. The zero-order chi connectivity index (χ0) is 31.1. The van der Waals surface area contributed by atoms with Crippen molar-refractivity contribution in [1.82, 2.24) is 40.2 Å². The summed E-state index contributed by atoms with van der Waals surface area (Å²) in [5.74, 6) is -3.39. The Bertz CT molecular complexity index is 1580. The molecule has 3 aliphatic rings. The lowest BCUT2D eigenvalue weighted by atomic mass is 9.88. The van der Waals surface area contributed by atoms with Crippen LogP contribution in [0.2, 0.25) is 0 Å². The van der Waals surface area contributed by atoms with Gasteiger partial charge in [0.05, 0.1) is 19.3 Å². The van der Waals surface area contributed by atoms with Crippen molar-refractivity contribution >= 4 is 56.2 Å². The van der Waals surface area contributed by atoms with Gasteiger partial charge in [-0.2, -0.15) is 23.4 Å². The number of hydrogen-bond donors (Lipinski definition) is 8. The lowest BCUT2D eigenvalue weighted by molar-refractivity contribution is -0.153. The molecular formula is C21H28N12O8S2. The van der Waals surface area contributed by atoms with Gasteiger partial charge in [0.2, 0.25) is 5.60 Å². The molecule has 20 nitrogen and oxygen atoms in total. The summed E-state index contributed by atoms with van der Waals surface area (Å²) in [5.41, 5.74) is 9.62. The van der Waals surface area contributed by atoms with Gasteiger partial charge in [-0.05, 0) is 12.8 Å². The van der Waals surface area contributed by atoms with Crippen molar-refractivity contribution in [3.05, 3.63) is 23.0 Å². The van der Waals surface area contributed by atoms with Crippen molar-refractivity contribution in [2.45, 2.75) is 68.5 Å². The van der Waals surface area contributed by atoms with E-state index < -0.39 is 51.5 Å². The average Bonchev–Trinajstić information content (AvgIpc) is 3.37. The number of hydrogen-bond acceptors (Lipinski definition) is 14. The predicted octanol–water partition coefficient (Wildman–Crippen LogP) is -3.04. The third-order valence-corrected chi connectivity index (χ3v) is 8.61. The van der Waals surface area contributed by atoms with Gasteiger partial charge in [0.15, 0.2) is 16.8 Å². The van der Waals surface area contributed by atoms with E-state index >= 15 is 0 Å². The Morgan fingerprint density at radius 3 is 2.60 bits per heavy atom. The largest absolute Gasteiger partial charge is 0.478 e. The van der Waals surface area contributed by atoms with Gasteiger partial charge in [-0.3, -0.25) is 19.6 Å².